The van der Waals surface area contributed by atoms with E-state index in [9.17, 15) is 9.59 Å². The van der Waals surface area contributed by atoms with Crippen LogP contribution in [0.1, 0.15) is 49.7 Å². The van der Waals surface area contributed by atoms with Crippen LogP contribution < -0.4 is 29.6 Å². The Labute approximate surface area is 236 Å². The monoisotopic (exact) mass is 551 g/mol. The number of likely N-dealkylation sites (tertiary alicyclic amines) is 1. The molecule has 2 atom stereocenters. The van der Waals surface area contributed by atoms with Crippen molar-refractivity contribution < 1.29 is 28.5 Å². The Morgan fingerprint density at radius 3 is 2.58 bits per heavy atom. The Morgan fingerprint density at radius 1 is 0.950 bits per heavy atom. The second kappa shape index (κ2) is 13.3. The van der Waals surface area contributed by atoms with Crippen LogP contribution in [0.5, 0.6) is 23.0 Å². The first-order valence-corrected chi connectivity index (χ1v) is 14.4. The molecule has 2 amide bonds. The van der Waals surface area contributed by atoms with E-state index in [1.54, 1.807) is 20.3 Å². The molecule has 1 saturated carbocycles. The molecule has 2 aromatic carbocycles. The number of hydrogen-bond acceptors (Lipinski definition) is 7. The second-order valence-electron chi connectivity index (χ2n) is 11.1. The molecular weight excluding hydrogens is 510 g/mol. The molecule has 4 aliphatic rings. The summed E-state index contributed by atoms with van der Waals surface area (Å²) >= 11 is 0. The highest BCUT2D eigenvalue weighted by Crippen LogP contribution is 2.31. The number of ether oxygens (including phenoxy) is 4. The number of carbonyl (C=O) groups excluding carboxylic acids is 2. The minimum Gasteiger partial charge on any atom is -0.496 e. The average molecular weight is 552 g/mol. The predicted octanol–water partition coefficient (Wildman–Crippen LogP) is 3.47. The van der Waals surface area contributed by atoms with Crippen LogP contribution in [-0.4, -0.2) is 69.3 Å². The van der Waals surface area contributed by atoms with E-state index in [0.29, 0.717) is 42.4 Å². The van der Waals surface area contributed by atoms with Crippen molar-refractivity contribution in [3.63, 3.8) is 0 Å². The maximum absolute atomic E-state index is 13.2. The maximum Gasteiger partial charge on any atom is 0.258 e. The molecule has 0 spiro atoms. The van der Waals surface area contributed by atoms with Gasteiger partial charge < -0.3 is 34.5 Å². The molecule has 2 fully saturated rings. The van der Waals surface area contributed by atoms with Crippen molar-refractivity contribution in [1.82, 2.24) is 15.5 Å². The SMILES string of the molecule is COc1cc2ccc1CNC(=O)CCc1ccc(OC)c(c1)OCC(=O)N[C@@H]1CN(CC3CCCC3)CC[C@@H]1O2. The number of rotatable bonds is 4. The van der Waals surface area contributed by atoms with Crippen LogP contribution in [0.25, 0.3) is 0 Å². The molecule has 0 radical (unpaired) electrons. The predicted molar refractivity (Wildman–Crippen MR) is 151 cm³/mol. The molecule has 1 saturated heterocycles. The van der Waals surface area contributed by atoms with Gasteiger partial charge in [0.25, 0.3) is 5.91 Å². The zero-order chi connectivity index (χ0) is 27.9. The molecule has 9 nitrogen and oxygen atoms in total. The number of piperidine rings is 1. The molecule has 3 heterocycles. The number of nitrogens with zero attached hydrogens (tertiary/aromatic N) is 1. The fourth-order valence-corrected chi connectivity index (χ4v) is 6.04. The molecule has 9 heteroatoms. The number of carbonyl (C=O) groups is 2. The van der Waals surface area contributed by atoms with Gasteiger partial charge in [0, 0.05) is 44.2 Å². The van der Waals surface area contributed by atoms with Crippen molar-refractivity contribution in [2.75, 3.05) is 40.5 Å². The fraction of sp³-hybridized carbons (Fsp3) is 0.548. The van der Waals surface area contributed by atoms with Gasteiger partial charge in [-0.1, -0.05) is 18.9 Å². The lowest BCUT2D eigenvalue weighted by molar-refractivity contribution is -0.125. The van der Waals surface area contributed by atoms with Crippen molar-refractivity contribution in [2.24, 2.45) is 5.92 Å². The number of hydrogen-bond donors (Lipinski definition) is 2. The van der Waals surface area contributed by atoms with Crippen LogP contribution in [-0.2, 0) is 22.6 Å². The van der Waals surface area contributed by atoms with Gasteiger partial charge in [-0.3, -0.25) is 9.59 Å². The maximum atomic E-state index is 13.2. The molecule has 3 aliphatic heterocycles. The van der Waals surface area contributed by atoms with Crippen LogP contribution in [0.15, 0.2) is 36.4 Å². The summed E-state index contributed by atoms with van der Waals surface area (Å²) in [4.78, 5) is 28.2. The summed E-state index contributed by atoms with van der Waals surface area (Å²) in [5.41, 5.74) is 1.80. The lowest BCUT2D eigenvalue weighted by Crippen LogP contribution is -2.58. The molecule has 0 unspecified atom stereocenters. The molecule has 0 aromatic heterocycles. The molecule has 216 valence electrons. The van der Waals surface area contributed by atoms with Crippen molar-refractivity contribution in [1.29, 1.82) is 0 Å². The summed E-state index contributed by atoms with van der Waals surface area (Å²) < 4.78 is 23.5. The largest absolute Gasteiger partial charge is 0.496 e. The van der Waals surface area contributed by atoms with Crippen LogP contribution in [0.4, 0.5) is 0 Å². The van der Waals surface area contributed by atoms with E-state index in [1.165, 1.54) is 25.7 Å². The van der Waals surface area contributed by atoms with Gasteiger partial charge in [-0.15, -0.1) is 0 Å². The number of aryl methyl sites for hydroxylation is 1. The first kappa shape index (κ1) is 28.1. The summed E-state index contributed by atoms with van der Waals surface area (Å²) in [6.07, 6.45) is 6.65. The number of fused-ring (bicyclic) bond motifs is 9. The van der Waals surface area contributed by atoms with Gasteiger partial charge in [-0.2, -0.15) is 0 Å². The zero-order valence-corrected chi connectivity index (χ0v) is 23.6. The van der Waals surface area contributed by atoms with E-state index in [-0.39, 0.29) is 30.6 Å². The second-order valence-corrected chi connectivity index (χ2v) is 11.1. The lowest BCUT2D eigenvalue weighted by Gasteiger charge is -2.39. The summed E-state index contributed by atoms with van der Waals surface area (Å²) in [7, 11) is 3.19. The first-order chi connectivity index (χ1) is 19.5. The normalized spacial score (nSPS) is 22.9. The molecule has 1 aliphatic carbocycles. The van der Waals surface area contributed by atoms with Crippen LogP contribution in [0.3, 0.4) is 0 Å². The summed E-state index contributed by atoms with van der Waals surface area (Å²) in [6, 6.07) is 11.1. The molecule has 40 heavy (non-hydrogen) atoms. The Bertz CT molecular complexity index is 1180. The Morgan fingerprint density at radius 2 is 1.77 bits per heavy atom. The smallest absolute Gasteiger partial charge is 0.258 e. The first-order valence-electron chi connectivity index (χ1n) is 14.4. The highest BCUT2D eigenvalue weighted by molar-refractivity contribution is 5.78. The van der Waals surface area contributed by atoms with Gasteiger partial charge in [0.1, 0.15) is 17.6 Å². The van der Waals surface area contributed by atoms with Gasteiger partial charge in [-0.25, -0.2) is 0 Å². The van der Waals surface area contributed by atoms with Crippen LogP contribution in [0, 0.1) is 5.92 Å². The number of benzene rings is 2. The van der Waals surface area contributed by atoms with E-state index in [0.717, 1.165) is 43.1 Å². The van der Waals surface area contributed by atoms with Gasteiger partial charge >= 0.3 is 0 Å². The Kier molecular flexibility index (Phi) is 9.31. The minimum absolute atomic E-state index is 0.0647. The highest BCUT2D eigenvalue weighted by atomic mass is 16.5. The number of amides is 2. The Hall–Kier alpha value is -3.46. The van der Waals surface area contributed by atoms with Crippen LogP contribution >= 0.6 is 0 Å². The van der Waals surface area contributed by atoms with Gasteiger partial charge in [0.05, 0.1) is 20.3 Å². The standard InChI is InChI=1S/C31H41N3O6/c1-37-27-11-7-21-8-12-30(35)32-17-23-9-10-24(16-28(23)38-2)40-26-13-14-34(18-22-5-3-4-6-22)19-25(26)33-31(36)20-39-29(27)15-21/h7,9-11,15-16,22,25-26H,3-6,8,12-14,17-20H2,1-2H3,(H,32,35)(H,33,36)/t25-,26+/m1/s1. The lowest BCUT2D eigenvalue weighted by atomic mass is 9.99. The molecule has 2 N–H and O–H groups in total. The van der Waals surface area contributed by atoms with E-state index < -0.39 is 0 Å². The summed E-state index contributed by atoms with van der Waals surface area (Å²) in [5.74, 6) is 2.82. The number of methoxy groups -OCH3 is 2. The van der Waals surface area contributed by atoms with E-state index in [2.05, 4.69) is 15.5 Å². The summed E-state index contributed by atoms with van der Waals surface area (Å²) in [6.45, 7) is 2.93. The zero-order valence-electron chi connectivity index (χ0n) is 23.6. The topological polar surface area (TPSA) is 98.4 Å². The third-order valence-corrected chi connectivity index (χ3v) is 8.22. The molecule has 6 rings (SSSR count). The van der Waals surface area contributed by atoms with E-state index >= 15 is 0 Å². The minimum atomic E-state index is -0.209. The van der Waals surface area contributed by atoms with E-state index in [1.807, 2.05) is 30.3 Å². The van der Waals surface area contributed by atoms with Crippen molar-refractivity contribution in [2.45, 2.75) is 63.6 Å². The van der Waals surface area contributed by atoms with Crippen molar-refractivity contribution >= 4 is 11.8 Å². The average Bonchev–Trinajstić information content (AvgIpc) is 3.48. The summed E-state index contributed by atoms with van der Waals surface area (Å²) in [5, 5.41) is 6.19. The van der Waals surface area contributed by atoms with Gasteiger partial charge in [0.2, 0.25) is 5.91 Å². The Balaban J connectivity index is 1.38. The molecular formula is C31H41N3O6. The molecule has 2 aromatic rings. The fourth-order valence-electron chi connectivity index (χ4n) is 6.04. The molecule has 4 bridgehead atoms. The van der Waals surface area contributed by atoms with Crippen molar-refractivity contribution in [3.05, 3.63) is 47.5 Å². The van der Waals surface area contributed by atoms with Crippen LogP contribution in [0.2, 0.25) is 0 Å². The van der Waals surface area contributed by atoms with Gasteiger partial charge in [0.15, 0.2) is 18.1 Å². The highest BCUT2D eigenvalue weighted by Gasteiger charge is 2.33. The third-order valence-electron chi connectivity index (χ3n) is 8.22. The van der Waals surface area contributed by atoms with Crippen molar-refractivity contribution in [3.8, 4) is 23.0 Å². The van der Waals surface area contributed by atoms with Gasteiger partial charge in [-0.05, 0) is 61.4 Å². The quantitative estimate of drug-likeness (QED) is 0.601. The third kappa shape index (κ3) is 7.18. The van der Waals surface area contributed by atoms with E-state index in [4.69, 9.17) is 18.9 Å². The number of nitrogens with one attached hydrogen (secondary N) is 2.